The van der Waals surface area contributed by atoms with Gasteiger partial charge in [-0.2, -0.15) is 0 Å². The average Bonchev–Trinajstić information content (AvgIpc) is 2.62. The molecule has 24 heavy (non-hydrogen) atoms. The van der Waals surface area contributed by atoms with Gasteiger partial charge < -0.3 is 19.5 Å². The van der Waals surface area contributed by atoms with Gasteiger partial charge in [0.25, 0.3) is 0 Å². The van der Waals surface area contributed by atoms with Crippen LogP contribution >= 0.6 is 0 Å². The monoisotopic (exact) mass is 335 g/mol. The highest BCUT2D eigenvalue weighted by Crippen LogP contribution is 2.21. The van der Waals surface area contributed by atoms with Crippen LogP contribution in [0.25, 0.3) is 0 Å². The van der Waals surface area contributed by atoms with Crippen molar-refractivity contribution in [2.24, 2.45) is 0 Å². The summed E-state index contributed by atoms with van der Waals surface area (Å²) in [5.74, 6) is 0.869. The van der Waals surface area contributed by atoms with Crippen molar-refractivity contribution in [2.75, 3.05) is 33.4 Å². The summed E-state index contributed by atoms with van der Waals surface area (Å²) in [6.45, 7) is 4.20. The van der Waals surface area contributed by atoms with E-state index in [1.54, 1.807) is 0 Å². The maximum Gasteiger partial charge on any atom is 0.119 e. The van der Waals surface area contributed by atoms with Gasteiger partial charge in [-0.15, -0.1) is 0 Å². The Morgan fingerprint density at radius 3 is 2.50 bits per heavy atom. The highest BCUT2D eigenvalue weighted by molar-refractivity contribution is 5.27. The van der Waals surface area contributed by atoms with E-state index >= 15 is 0 Å². The fraction of sp³-hybridized carbons (Fsp3) is 0.700. The SMILES string of the molecule is CCc1ccc(OCCOC[C@H](O)CN(C)C2CCCCC2)cc1. The smallest absolute Gasteiger partial charge is 0.119 e. The lowest BCUT2D eigenvalue weighted by molar-refractivity contribution is 0.00326. The van der Waals surface area contributed by atoms with Gasteiger partial charge in [0, 0.05) is 12.6 Å². The molecule has 0 amide bonds. The van der Waals surface area contributed by atoms with Crippen molar-refractivity contribution in [1.29, 1.82) is 0 Å². The van der Waals surface area contributed by atoms with Crippen LogP contribution in [0.4, 0.5) is 0 Å². The minimum atomic E-state index is -0.430. The number of aryl methyl sites for hydroxylation is 1. The molecule has 0 aliphatic heterocycles. The van der Waals surface area contributed by atoms with Crippen molar-refractivity contribution >= 4 is 0 Å². The fourth-order valence-corrected chi connectivity index (χ4v) is 3.32. The van der Waals surface area contributed by atoms with Crippen LogP contribution in [0, 0.1) is 0 Å². The molecule has 1 aliphatic carbocycles. The molecular weight excluding hydrogens is 302 g/mol. The van der Waals surface area contributed by atoms with Crippen LogP contribution in [0.5, 0.6) is 5.75 Å². The number of hydrogen-bond donors (Lipinski definition) is 1. The maximum atomic E-state index is 10.1. The van der Waals surface area contributed by atoms with Crippen LogP contribution in [0.1, 0.15) is 44.6 Å². The number of benzene rings is 1. The summed E-state index contributed by atoms with van der Waals surface area (Å²) in [5, 5.41) is 10.1. The second-order valence-corrected chi connectivity index (χ2v) is 6.81. The molecule has 136 valence electrons. The lowest BCUT2D eigenvalue weighted by atomic mass is 9.94. The van der Waals surface area contributed by atoms with Crippen molar-refractivity contribution in [3.63, 3.8) is 0 Å². The Balaban J connectivity index is 1.54. The van der Waals surface area contributed by atoms with E-state index in [4.69, 9.17) is 9.47 Å². The van der Waals surface area contributed by atoms with Crippen LogP contribution < -0.4 is 4.74 Å². The zero-order chi connectivity index (χ0) is 17.2. The first-order chi connectivity index (χ1) is 11.7. The molecule has 0 bridgehead atoms. The van der Waals surface area contributed by atoms with Gasteiger partial charge >= 0.3 is 0 Å². The number of aliphatic hydroxyl groups excluding tert-OH is 1. The molecule has 1 fully saturated rings. The molecule has 0 saturated heterocycles. The first kappa shape index (κ1) is 19.2. The third-order valence-electron chi connectivity index (χ3n) is 4.84. The summed E-state index contributed by atoms with van der Waals surface area (Å²) in [5.41, 5.74) is 1.31. The van der Waals surface area contributed by atoms with E-state index in [0.717, 1.165) is 12.2 Å². The zero-order valence-corrected chi connectivity index (χ0v) is 15.2. The summed E-state index contributed by atoms with van der Waals surface area (Å²) >= 11 is 0. The largest absolute Gasteiger partial charge is 0.491 e. The van der Waals surface area contributed by atoms with Crippen molar-refractivity contribution < 1.29 is 14.6 Å². The molecular formula is C20H33NO3. The van der Waals surface area contributed by atoms with E-state index in [1.165, 1.54) is 37.7 Å². The standard InChI is InChI=1S/C20H33NO3/c1-3-17-9-11-20(12-10-17)24-14-13-23-16-19(22)15-21(2)18-7-5-4-6-8-18/h9-12,18-19,22H,3-8,13-16H2,1-2H3/t19-/m1/s1. The van der Waals surface area contributed by atoms with Crippen molar-refractivity contribution in [2.45, 2.75) is 57.6 Å². The number of ether oxygens (including phenoxy) is 2. The van der Waals surface area contributed by atoms with Crippen LogP contribution in [0.15, 0.2) is 24.3 Å². The van der Waals surface area contributed by atoms with E-state index in [9.17, 15) is 5.11 Å². The molecule has 0 heterocycles. The van der Waals surface area contributed by atoms with Crippen LogP contribution in [0.3, 0.4) is 0 Å². The van der Waals surface area contributed by atoms with Crippen molar-refractivity contribution in [3.05, 3.63) is 29.8 Å². The molecule has 1 saturated carbocycles. The summed E-state index contributed by atoms with van der Waals surface area (Å²) in [4.78, 5) is 2.29. The highest BCUT2D eigenvalue weighted by Gasteiger charge is 2.19. The first-order valence-corrected chi connectivity index (χ1v) is 9.37. The maximum absolute atomic E-state index is 10.1. The van der Waals surface area contributed by atoms with Gasteiger partial charge in [-0.1, -0.05) is 38.3 Å². The molecule has 0 spiro atoms. The molecule has 0 aromatic heterocycles. The fourth-order valence-electron chi connectivity index (χ4n) is 3.32. The van der Waals surface area contributed by atoms with Gasteiger partial charge in [0.1, 0.15) is 12.4 Å². The number of hydrogen-bond acceptors (Lipinski definition) is 4. The third-order valence-corrected chi connectivity index (χ3v) is 4.84. The van der Waals surface area contributed by atoms with E-state index in [1.807, 2.05) is 12.1 Å². The van der Waals surface area contributed by atoms with Gasteiger partial charge in [0.2, 0.25) is 0 Å². The van der Waals surface area contributed by atoms with Crippen LogP contribution in [-0.2, 0) is 11.2 Å². The number of likely N-dealkylation sites (N-methyl/N-ethyl adjacent to an activating group) is 1. The highest BCUT2D eigenvalue weighted by atomic mass is 16.5. The Kier molecular flexibility index (Phi) is 8.57. The van der Waals surface area contributed by atoms with Crippen molar-refractivity contribution in [3.8, 4) is 5.75 Å². The Hall–Kier alpha value is -1.10. The first-order valence-electron chi connectivity index (χ1n) is 9.37. The lowest BCUT2D eigenvalue weighted by Crippen LogP contribution is -2.40. The number of rotatable bonds is 10. The van der Waals surface area contributed by atoms with Crippen LogP contribution in [-0.4, -0.2) is 55.6 Å². The van der Waals surface area contributed by atoms with E-state index < -0.39 is 6.10 Å². The predicted octanol–water partition coefficient (Wildman–Crippen LogP) is 3.27. The summed E-state index contributed by atoms with van der Waals surface area (Å²) < 4.78 is 11.2. The van der Waals surface area contributed by atoms with Gasteiger partial charge in [0.15, 0.2) is 0 Å². The molecule has 4 heteroatoms. The van der Waals surface area contributed by atoms with Crippen molar-refractivity contribution in [1.82, 2.24) is 4.90 Å². The molecule has 1 aromatic carbocycles. The van der Waals surface area contributed by atoms with E-state index in [-0.39, 0.29) is 0 Å². The molecule has 1 atom stereocenters. The molecule has 4 nitrogen and oxygen atoms in total. The summed E-state index contributed by atoms with van der Waals surface area (Å²) in [6.07, 6.45) is 7.12. The molecule has 1 N–H and O–H groups in total. The van der Waals surface area contributed by atoms with Gasteiger partial charge in [-0.25, -0.2) is 0 Å². The zero-order valence-electron chi connectivity index (χ0n) is 15.2. The normalized spacial score (nSPS) is 17.2. The molecule has 0 radical (unpaired) electrons. The number of aliphatic hydroxyl groups is 1. The summed E-state index contributed by atoms with van der Waals surface area (Å²) in [6, 6.07) is 8.78. The quantitative estimate of drug-likeness (QED) is 0.666. The Morgan fingerprint density at radius 2 is 1.83 bits per heavy atom. The molecule has 2 rings (SSSR count). The molecule has 1 aromatic rings. The van der Waals surface area contributed by atoms with Gasteiger partial charge in [-0.05, 0) is 44.0 Å². The van der Waals surface area contributed by atoms with E-state index in [0.29, 0.717) is 32.4 Å². The van der Waals surface area contributed by atoms with Crippen LogP contribution in [0.2, 0.25) is 0 Å². The second-order valence-electron chi connectivity index (χ2n) is 6.81. The lowest BCUT2D eigenvalue weighted by Gasteiger charge is -2.32. The Morgan fingerprint density at radius 1 is 1.12 bits per heavy atom. The topological polar surface area (TPSA) is 41.9 Å². The minimum Gasteiger partial charge on any atom is -0.491 e. The molecule has 1 aliphatic rings. The predicted molar refractivity (Wildman–Crippen MR) is 97.6 cm³/mol. The van der Waals surface area contributed by atoms with Gasteiger partial charge in [-0.3, -0.25) is 0 Å². The second kappa shape index (κ2) is 10.7. The number of nitrogens with zero attached hydrogens (tertiary/aromatic N) is 1. The van der Waals surface area contributed by atoms with Gasteiger partial charge in [0.05, 0.1) is 19.3 Å². The minimum absolute atomic E-state index is 0.370. The summed E-state index contributed by atoms with van der Waals surface area (Å²) in [7, 11) is 2.11. The Labute approximate surface area is 146 Å². The van der Waals surface area contributed by atoms with E-state index in [2.05, 4.69) is 31.0 Å². The third kappa shape index (κ3) is 6.80. The Bertz CT molecular complexity index is 443. The average molecular weight is 335 g/mol. The molecule has 0 unspecified atom stereocenters.